The van der Waals surface area contributed by atoms with Gasteiger partial charge in [0.1, 0.15) is 21.0 Å². The van der Waals surface area contributed by atoms with E-state index in [1.165, 1.54) is 30.7 Å². The van der Waals surface area contributed by atoms with Crippen LogP contribution in [0.5, 0.6) is 0 Å². The molecule has 5 heterocycles. The first-order chi connectivity index (χ1) is 19.6. The molecule has 1 amide bonds. The van der Waals surface area contributed by atoms with Crippen molar-refractivity contribution in [2.75, 3.05) is 36.4 Å². The minimum atomic E-state index is -0.239. The Labute approximate surface area is 237 Å². The lowest BCUT2D eigenvalue weighted by Gasteiger charge is -2.46. The van der Waals surface area contributed by atoms with Crippen LogP contribution in [-0.4, -0.2) is 57.5 Å². The smallest absolute Gasteiger partial charge is 0.274 e. The lowest BCUT2D eigenvalue weighted by Crippen LogP contribution is -2.57. The van der Waals surface area contributed by atoms with Crippen molar-refractivity contribution in [3.63, 3.8) is 0 Å². The fourth-order valence-electron chi connectivity index (χ4n) is 6.01. The van der Waals surface area contributed by atoms with Gasteiger partial charge >= 0.3 is 0 Å². The summed E-state index contributed by atoms with van der Waals surface area (Å²) in [6, 6.07) is 25.8. The number of carbonyl (C=O) groups excluding carboxylic acids is 1. The summed E-state index contributed by atoms with van der Waals surface area (Å²) < 4.78 is 0. The Hall–Kier alpha value is -4.14. The number of thiazole rings is 1. The molecule has 1 atom stereocenters. The fourth-order valence-corrected chi connectivity index (χ4v) is 6.96. The molecule has 5 aromatic rings. The van der Waals surface area contributed by atoms with Gasteiger partial charge in [0.25, 0.3) is 5.91 Å². The highest BCUT2D eigenvalue weighted by atomic mass is 32.1. The highest BCUT2D eigenvalue weighted by Gasteiger charge is 2.41. The van der Waals surface area contributed by atoms with Crippen LogP contribution in [0.15, 0.2) is 85.1 Å². The number of fused-ring (bicyclic) bond motifs is 2. The van der Waals surface area contributed by atoms with Crippen molar-refractivity contribution >= 4 is 39.0 Å². The van der Waals surface area contributed by atoms with Gasteiger partial charge in [0.15, 0.2) is 0 Å². The van der Waals surface area contributed by atoms with E-state index in [-0.39, 0.29) is 11.4 Å². The SMILES string of the molecule is C[C@@]12CCCN1CCN(c1cc(C(=O)Nc3ccccc3-c3nc4cccnc4s3)nc(-c3ccccc3)c1)C2. The Balaban J connectivity index is 1.24. The summed E-state index contributed by atoms with van der Waals surface area (Å²) in [5.74, 6) is -0.239. The van der Waals surface area contributed by atoms with Crippen LogP contribution in [0.1, 0.15) is 30.3 Å². The zero-order valence-electron chi connectivity index (χ0n) is 22.4. The first-order valence-corrected chi connectivity index (χ1v) is 14.6. The van der Waals surface area contributed by atoms with Crippen molar-refractivity contribution in [1.82, 2.24) is 19.9 Å². The molecule has 7 nitrogen and oxygen atoms in total. The largest absolute Gasteiger partial charge is 0.368 e. The Morgan fingerprint density at radius 2 is 1.80 bits per heavy atom. The van der Waals surface area contributed by atoms with Crippen LogP contribution in [0.2, 0.25) is 0 Å². The molecular formula is C32H30N6OS. The highest BCUT2D eigenvalue weighted by Crippen LogP contribution is 2.36. The number of anilines is 2. The van der Waals surface area contributed by atoms with Crippen LogP contribution in [-0.2, 0) is 0 Å². The highest BCUT2D eigenvalue weighted by molar-refractivity contribution is 7.21. The third-order valence-electron chi connectivity index (χ3n) is 8.13. The van der Waals surface area contributed by atoms with E-state index in [0.29, 0.717) is 11.4 Å². The molecule has 40 heavy (non-hydrogen) atoms. The second-order valence-corrected chi connectivity index (χ2v) is 11.8. The zero-order valence-corrected chi connectivity index (χ0v) is 23.2. The third-order valence-corrected chi connectivity index (χ3v) is 9.14. The predicted molar refractivity (Wildman–Crippen MR) is 162 cm³/mol. The van der Waals surface area contributed by atoms with Gasteiger partial charge < -0.3 is 10.2 Å². The number of carbonyl (C=O) groups is 1. The number of nitrogens with zero attached hydrogens (tertiary/aromatic N) is 5. The molecule has 0 unspecified atom stereocenters. The Morgan fingerprint density at radius 1 is 0.950 bits per heavy atom. The number of hydrogen-bond acceptors (Lipinski definition) is 7. The molecule has 0 aliphatic carbocycles. The van der Waals surface area contributed by atoms with Crippen molar-refractivity contribution in [3.05, 3.63) is 90.8 Å². The average molecular weight is 547 g/mol. The number of rotatable bonds is 5. The topological polar surface area (TPSA) is 74.2 Å². The van der Waals surface area contributed by atoms with Gasteiger partial charge in [-0.2, -0.15) is 0 Å². The number of pyridine rings is 2. The van der Waals surface area contributed by atoms with E-state index in [1.54, 1.807) is 6.20 Å². The second-order valence-electron chi connectivity index (χ2n) is 10.8. The normalized spacial score (nSPS) is 19.1. The third kappa shape index (κ3) is 4.63. The van der Waals surface area contributed by atoms with E-state index in [9.17, 15) is 4.79 Å². The van der Waals surface area contributed by atoms with Gasteiger partial charge in [0.05, 0.1) is 11.4 Å². The lowest BCUT2D eigenvalue weighted by molar-refractivity contribution is 0.102. The maximum atomic E-state index is 13.8. The summed E-state index contributed by atoms with van der Waals surface area (Å²) in [5.41, 5.74) is 5.81. The molecule has 2 aliphatic rings. The Kier molecular flexibility index (Phi) is 6.29. The van der Waals surface area contributed by atoms with E-state index in [4.69, 9.17) is 9.97 Å². The molecule has 200 valence electrons. The molecule has 0 saturated carbocycles. The summed E-state index contributed by atoms with van der Waals surface area (Å²) in [6.45, 7) is 6.46. The molecule has 8 heteroatoms. The van der Waals surface area contributed by atoms with Crippen LogP contribution in [0.3, 0.4) is 0 Å². The summed E-state index contributed by atoms with van der Waals surface area (Å²) in [5, 5.41) is 3.96. The van der Waals surface area contributed by atoms with Gasteiger partial charge in [-0.25, -0.2) is 15.0 Å². The molecule has 0 radical (unpaired) electrons. The van der Waals surface area contributed by atoms with Gasteiger partial charge in [-0.1, -0.05) is 53.8 Å². The maximum Gasteiger partial charge on any atom is 0.274 e. The van der Waals surface area contributed by atoms with Gasteiger partial charge in [-0.05, 0) is 62.7 Å². The predicted octanol–water partition coefficient (Wildman–Crippen LogP) is 6.35. The molecule has 2 fully saturated rings. The number of aromatic nitrogens is 3. The summed E-state index contributed by atoms with van der Waals surface area (Å²) in [6.07, 6.45) is 4.22. The van der Waals surface area contributed by atoms with Crippen LogP contribution in [0.25, 0.3) is 32.2 Å². The van der Waals surface area contributed by atoms with Crippen molar-refractivity contribution in [3.8, 4) is 21.8 Å². The van der Waals surface area contributed by atoms with Crippen LogP contribution in [0.4, 0.5) is 11.4 Å². The number of piperazine rings is 1. The number of amides is 1. The quantitative estimate of drug-likeness (QED) is 0.277. The first kappa shape index (κ1) is 24.9. The van der Waals surface area contributed by atoms with E-state index in [2.05, 4.69) is 33.1 Å². The summed E-state index contributed by atoms with van der Waals surface area (Å²) in [4.78, 5) is 33.8. The van der Waals surface area contributed by atoms with Crippen molar-refractivity contribution in [1.29, 1.82) is 0 Å². The fraction of sp³-hybridized carbons (Fsp3) is 0.250. The number of benzene rings is 2. The van der Waals surface area contributed by atoms with Gasteiger partial charge in [-0.3, -0.25) is 9.69 Å². The van der Waals surface area contributed by atoms with Crippen LogP contribution >= 0.6 is 11.3 Å². The standard InChI is InChI=1S/C32H30N6OS/c1-32-14-8-16-38(32)18-17-37(21-32)23-19-27(22-9-3-2-4-10-22)34-28(20-23)29(39)35-25-12-6-5-11-24(25)30-36-26-13-7-15-33-31(26)40-30/h2-7,9-13,15,19-20H,8,14,16-18,21H2,1H3,(H,35,39)/t32-/m0/s1. The average Bonchev–Trinajstić information content (AvgIpc) is 3.60. The van der Waals surface area contributed by atoms with Gasteiger partial charge in [0, 0.05) is 48.2 Å². The molecule has 2 saturated heterocycles. The van der Waals surface area contributed by atoms with Crippen molar-refractivity contribution < 1.29 is 4.79 Å². The number of nitrogens with one attached hydrogen (secondary N) is 1. The summed E-state index contributed by atoms with van der Waals surface area (Å²) in [7, 11) is 0. The molecule has 2 aromatic carbocycles. The van der Waals surface area contributed by atoms with Crippen molar-refractivity contribution in [2.45, 2.75) is 25.3 Å². The van der Waals surface area contributed by atoms with Crippen LogP contribution < -0.4 is 10.2 Å². The minimum absolute atomic E-state index is 0.169. The molecule has 3 aromatic heterocycles. The second kappa shape index (κ2) is 10.1. The lowest BCUT2D eigenvalue weighted by atomic mass is 9.95. The maximum absolute atomic E-state index is 13.8. The van der Waals surface area contributed by atoms with Crippen molar-refractivity contribution in [2.24, 2.45) is 0 Å². The van der Waals surface area contributed by atoms with E-state index in [0.717, 1.165) is 57.5 Å². The minimum Gasteiger partial charge on any atom is -0.368 e. The van der Waals surface area contributed by atoms with E-state index < -0.39 is 0 Å². The Bertz CT molecular complexity index is 1670. The molecule has 0 bridgehead atoms. The number of hydrogen-bond donors (Lipinski definition) is 1. The molecule has 1 N–H and O–H groups in total. The van der Waals surface area contributed by atoms with Crippen LogP contribution in [0, 0.1) is 0 Å². The number of para-hydroxylation sites is 1. The molecule has 2 aliphatic heterocycles. The van der Waals surface area contributed by atoms with Gasteiger partial charge in [0.2, 0.25) is 0 Å². The summed E-state index contributed by atoms with van der Waals surface area (Å²) >= 11 is 1.52. The molecular weight excluding hydrogens is 516 g/mol. The van der Waals surface area contributed by atoms with E-state index >= 15 is 0 Å². The first-order valence-electron chi connectivity index (χ1n) is 13.8. The monoisotopic (exact) mass is 546 g/mol. The zero-order chi connectivity index (χ0) is 27.1. The Morgan fingerprint density at radius 3 is 2.67 bits per heavy atom. The molecule has 0 spiro atoms. The van der Waals surface area contributed by atoms with Gasteiger partial charge in [-0.15, -0.1) is 0 Å². The molecule has 7 rings (SSSR count). The van der Waals surface area contributed by atoms with E-state index in [1.807, 2.05) is 72.8 Å².